The van der Waals surface area contributed by atoms with Crippen LogP contribution in [0.15, 0.2) is 23.3 Å². The van der Waals surface area contributed by atoms with Crippen molar-refractivity contribution in [1.82, 2.24) is 0 Å². The molecule has 0 aliphatic carbocycles. The SMILES string of the molecule is COc1cc(/C=N\Nc2c(F)c(F)c(F)c(F)c2F)ccc1OCC#N. The van der Waals surface area contributed by atoms with Gasteiger partial charge in [0.1, 0.15) is 11.8 Å². The molecule has 2 aromatic rings. The number of halogens is 5. The number of hydrogen-bond acceptors (Lipinski definition) is 5. The second-order valence-corrected chi connectivity index (χ2v) is 4.67. The molecule has 2 aromatic carbocycles. The lowest BCUT2D eigenvalue weighted by atomic mass is 10.2. The largest absolute Gasteiger partial charge is 0.493 e. The summed E-state index contributed by atoms with van der Waals surface area (Å²) in [5, 5.41) is 11.9. The van der Waals surface area contributed by atoms with E-state index in [0.29, 0.717) is 5.56 Å². The number of benzene rings is 2. The van der Waals surface area contributed by atoms with E-state index < -0.39 is 34.8 Å². The molecule has 0 radical (unpaired) electrons. The number of nitrogens with zero attached hydrogens (tertiary/aromatic N) is 2. The Labute approximate surface area is 144 Å². The summed E-state index contributed by atoms with van der Waals surface area (Å²) in [6, 6.07) is 6.14. The van der Waals surface area contributed by atoms with Gasteiger partial charge in [0.2, 0.25) is 5.82 Å². The van der Waals surface area contributed by atoms with Crippen LogP contribution in [0.5, 0.6) is 11.5 Å². The van der Waals surface area contributed by atoms with Crippen LogP contribution in [0, 0.1) is 40.4 Å². The number of nitriles is 1. The number of anilines is 1. The van der Waals surface area contributed by atoms with Gasteiger partial charge in [0.25, 0.3) is 0 Å². The summed E-state index contributed by atoms with van der Waals surface area (Å²) in [5.74, 6) is -9.95. The van der Waals surface area contributed by atoms with Crippen molar-refractivity contribution in [2.75, 3.05) is 19.1 Å². The van der Waals surface area contributed by atoms with Crippen LogP contribution in [-0.2, 0) is 0 Å². The van der Waals surface area contributed by atoms with E-state index in [1.54, 1.807) is 11.5 Å². The zero-order chi connectivity index (χ0) is 19.3. The van der Waals surface area contributed by atoms with Crippen molar-refractivity contribution in [2.45, 2.75) is 0 Å². The summed E-state index contributed by atoms with van der Waals surface area (Å²) >= 11 is 0. The summed E-state index contributed by atoms with van der Waals surface area (Å²) in [5.41, 5.74) is 0.867. The molecule has 0 bridgehead atoms. The van der Waals surface area contributed by atoms with Crippen molar-refractivity contribution in [3.8, 4) is 17.6 Å². The Morgan fingerprint density at radius 3 is 2.23 bits per heavy atom. The molecule has 2 rings (SSSR count). The summed E-state index contributed by atoms with van der Waals surface area (Å²) in [7, 11) is 1.35. The van der Waals surface area contributed by atoms with E-state index >= 15 is 0 Å². The highest BCUT2D eigenvalue weighted by molar-refractivity contribution is 5.81. The van der Waals surface area contributed by atoms with Crippen molar-refractivity contribution >= 4 is 11.9 Å². The molecule has 0 aromatic heterocycles. The van der Waals surface area contributed by atoms with Gasteiger partial charge < -0.3 is 9.47 Å². The van der Waals surface area contributed by atoms with Gasteiger partial charge in [-0.3, -0.25) is 5.43 Å². The topological polar surface area (TPSA) is 66.6 Å². The van der Waals surface area contributed by atoms with E-state index in [2.05, 4.69) is 5.10 Å². The fraction of sp³-hybridized carbons (Fsp3) is 0.125. The molecule has 0 heterocycles. The fourth-order valence-corrected chi connectivity index (χ4v) is 1.87. The number of hydrazone groups is 1. The predicted molar refractivity (Wildman–Crippen MR) is 81.6 cm³/mol. The molecule has 0 aliphatic heterocycles. The molecule has 0 spiro atoms. The Kier molecular flexibility index (Phi) is 5.95. The van der Waals surface area contributed by atoms with E-state index in [9.17, 15) is 22.0 Å². The van der Waals surface area contributed by atoms with Gasteiger partial charge in [-0.05, 0) is 23.8 Å². The highest BCUT2D eigenvalue weighted by atomic mass is 19.2. The molecular weight excluding hydrogens is 361 g/mol. The highest BCUT2D eigenvalue weighted by Gasteiger charge is 2.25. The van der Waals surface area contributed by atoms with Crippen molar-refractivity contribution in [3.05, 3.63) is 52.8 Å². The molecule has 5 nitrogen and oxygen atoms in total. The molecule has 1 N–H and O–H groups in total. The summed E-state index contributed by atoms with van der Waals surface area (Å²) < 4.78 is 76.3. The second kappa shape index (κ2) is 8.15. The smallest absolute Gasteiger partial charge is 0.200 e. The van der Waals surface area contributed by atoms with Crippen LogP contribution in [0.2, 0.25) is 0 Å². The zero-order valence-electron chi connectivity index (χ0n) is 13.1. The average Bonchev–Trinajstić information content (AvgIpc) is 2.66. The third-order valence-corrected chi connectivity index (χ3v) is 3.08. The van der Waals surface area contributed by atoms with Crippen molar-refractivity contribution < 1.29 is 31.4 Å². The highest BCUT2D eigenvalue weighted by Crippen LogP contribution is 2.28. The predicted octanol–water partition coefficient (Wildman–Crippen LogP) is 3.74. The molecule has 0 atom stereocenters. The van der Waals surface area contributed by atoms with E-state index in [1.165, 1.54) is 25.3 Å². The van der Waals surface area contributed by atoms with Crippen LogP contribution < -0.4 is 14.9 Å². The molecule has 0 saturated carbocycles. The first-order valence-corrected chi connectivity index (χ1v) is 6.89. The van der Waals surface area contributed by atoms with E-state index in [0.717, 1.165) is 6.21 Å². The third kappa shape index (κ3) is 3.83. The van der Waals surface area contributed by atoms with Crippen molar-refractivity contribution in [3.63, 3.8) is 0 Å². The molecule has 0 amide bonds. The van der Waals surface area contributed by atoms with Gasteiger partial charge in [-0.15, -0.1) is 0 Å². The lowest BCUT2D eigenvalue weighted by Crippen LogP contribution is -2.06. The van der Waals surface area contributed by atoms with E-state index in [1.807, 2.05) is 0 Å². The van der Waals surface area contributed by atoms with E-state index in [4.69, 9.17) is 14.7 Å². The molecule has 0 aliphatic rings. The van der Waals surface area contributed by atoms with Gasteiger partial charge in [0, 0.05) is 0 Å². The molecule has 136 valence electrons. The standard InChI is InChI=1S/C16H10F5N3O2/c1-25-10-6-8(2-3-9(10)26-5-4-22)7-23-24-16-14(20)12(18)11(17)13(19)15(16)21/h2-3,6-7,24H,5H2,1H3/b23-7-. The van der Waals surface area contributed by atoms with Gasteiger partial charge in [-0.25, -0.2) is 22.0 Å². The molecular formula is C16H10F5N3O2. The van der Waals surface area contributed by atoms with Crippen LogP contribution in [-0.4, -0.2) is 19.9 Å². The quantitative estimate of drug-likeness (QED) is 0.276. The Morgan fingerprint density at radius 2 is 1.65 bits per heavy atom. The number of nitrogens with one attached hydrogen (secondary N) is 1. The Balaban J connectivity index is 2.23. The Bertz CT molecular complexity index is 867. The first-order chi connectivity index (χ1) is 12.4. The minimum absolute atomic E-state index is 0.203. The number of rotatable bonds is 6. The maximum Gasteiger partial charge on any atom is 0.200 e. The monoisotopic (exact) mass is 371 g/mol. The maximum absolute atomic E-state index is 13.5. The van der Waals surface area contributed by atoms with Gasteiger partial charge in [-0.1, -0.05) is 0 Å². The fourth-order valence-electron chi connectivity index (χ4n) is 1.87. The Morgan fingerprint density at radius 1 is 1.04 bits per heavy atom. The first-order valence-electron chi connectivity index (χ1n) is 6.89. The van der Waals surface area contributed by atoms with Gasteiger partial charge in [0.15, 0.2) is 41.4 Å². The normalized spacial score (nSPS) is 10.7. The lowest BCUT2D eigenvalue weighted by molar-refractivity contribution is 0.329. The summed E-state index contributed by atoms with van der Waals surface area (Å²) in [4.78, 5) is 0. The van der Waals surface area contributed by atoms with Crippen LogP contribution in [0.25, 0.3) is 0 Å². The number of ether oxygens (including phenoxy) is 2. The van der Waals surface area contributed by atoms with Gasteiger partial charge in [-0.2, -0.15) is 10.4 Å². The average molecular weight is 371 g/mol. The number of hydrogen-bond donors (Lipinski definition) is 1. The zero-order valence-corrected chi connectivity index (χ0v) is 13.1. The second-order valence-electron chi connectivity index (χ2n) is 4.67. The maximum atomic E-state index is 13.5. The third-order valence-electron chi connectivity index (χ3n) is 3.08. The van der Waals surface area contributed by atoms with Crippen LogP contribution >= 0.6 is 0 Å². The Hall–Kier alpha value is -3.35. The van der Waals surface area contributed by atoms with Crippen LogP contribution in [0.1, 0.15) is 5.56 Å². The minimum atomic E-state index is -2.26. The van der Waals surface area contributed by atoms with Crippen LogP contribution in [0.4, 0.5) is 27.6 Å². The molecule has 0 unspecified atom stereocenters. The molecule has 0 fully saturated rings. The summed E-state index contributed by atoms with van der Waals surface area (Å²) in [6.45, 7) is -0.203. The van der Waals surface area contributed by atoms with Gasteiger partial charge >= 0.3 is 0 Å². The molecule has 0 saturated heterocycles. The lowest BCUT2D eigenvalue weighted by Gasteiger charge is -2.09. The number of methoxy groups -OCH3 is 1. The van der Waals surface area contributed by atoms with Crippen molar-refractivity contribution in [2.24, 2.45) is 5.10 Å². The molecule has 26 heavy (non-hydrogen) atoms. The van der Waals surface area contributed by atoms with Gasteiger partial charge in [0.05, 0.1) is 13.3 Å². The first kappa shape index (κ1) is 19.0. The van der Waals surface area contributed by atoms with Crippen molar-refractivity contribution in [1.29, 1.82) is 5.26 Å². The molecule has 10 heteroatoms. The summed E-state index contributed by atoms with van der Waals surface area (Å²) in [6.07, 6.45) is 1.06. The van der Waals surface area contributed by atoms with E-state index in [-0.39, 0.29) is 18.1 Å². The minimum Gasteiger partial charge on any atom is -0.493 e. The van der Waals surface area contributed by atoms with Crippen LogP contribution in [0.3, 0.4) is 0 Å².